The first-order chi connectivity index (χ1) is 7.09. The number of rotatable bonds is 5. The van der Waals surface area contributed by atoms with Gasteiger partial charge in [0.15, 0.2) is 0 Å². The monoisotopic (exact) mass is 209 g/mol. The van der Waals surface area contributed by atoms with Crippen LogP contribution < -0.4 is 0 Å². The van der Waals surface area contributed by atoms with Gasteiger partial charge >= 0.3 is 0 Å². The van der Waals surface area contributed by atoms with E-state index in [1.165, 1.54) is 24.8 Å². The lowest BCUT2D eigenvalue weighted by atomic mass is 9.97. The molecule has 1 rings (SSSR count). The molecule has 86 valence electrons. The molecule has 1 fully saturated rings. The normalized spacial score (nSPS) is 22.7. The summed E-state index contributed by atoms with van der Waals surface area (Å²) in [6, 6.07) is 0.496. The summed E-state index contributed by atoms with van der Waals surface area (Å²) in [5, 5.41) is 0. The summed E-state index contributed by atoms with van der Waals surface area (Å²) >= 11 is 0. The van der Waals surface area contributed by atoms with Crippen LogP contribution in [0.2, 0.25) is 0 Å². The molecule has 1 aliphatic heterocycles. The molecule has 1 heterocycles. The average Bonchev–Trinajstić information content (AvgIpc) is 2.15. The molecule has 0 aromatic rings. The van der Waals surface area contributed by atoms with E-state index in [2.05, 4.69) is 18.4 Å². The SMILES string of the molecule is C=C(C)CCN1CCCCC1CC(C)=O. The third-order valence-corrected chi connectivity index (χ3v) is 3.10. The van der Waals surface area contributed by atoms with Gasteiger partial charge in [-0.1, -0.05) is 12.0 Å². The molecule has 2 heteroatoms. The molecule has 0 amide bonds. The highest BCUT2D eigenvalue weighted by molar-refractivity contribution is 5.76. The second-order valence-corrected chi connectivity index (χ2v) is 4.80. The number of Topliss-reactive ketones (excluding diaryl/α,β-unsaturated/α-hetero) is 1. The summed E-state index contributed by atoms with van der Waals surface area (Å²) in [7, 11) is 0. The molecule has 0 saturated carbocycles. The fraction of sp³-hybridized carbons (Fsp3) is 0.769. The maximum absolute atomic E-state index is 11.2. The van der Waals surface area contributed by atoms with E-state index >= 15 is 0 Å². The van der Waals surface area contributed by atoms with Crippen molar-refractivity contribution in [3.05, 3.63) is 12.2 Å². The quantitative estimate of drug-likeness (QED) is 0.649. The van der Waals surface area contributed by atoms with Crippen molar-refractivity contribution in [1.82, 2.24) is 4.90 Å². The van der Waals surface area contributed by atoms with Crippen LogP contribution in [0.5, 0.6) is 0 Å². The van der Waals surface area contributed by atoms with Gasteiger partial charge in [0.1, 0.15) is 5.78 Å². The molecule has 0 aromatic heterocycles. The molecule has 1 unspecified atom stereocenters. The van der Waals surface area contributed by atoms with Crippen molar-refractivity contribution in [2.75, 3.05) is 13.1 Å². The topological polar surface area (TPSA) is 20.3 Å². The Balaban J connectivity index is 2.42. The van der Waals surface area contributed by atoms with E-state index in [4.69, 9.17) is 0 Å². The molecule has 1 atom stereocenters. The van der Waals surface area contributed by atoms with Gasteiger partial charge in [-0.25, -0.2) is 0 Å². The molecular weight excluding hydrogens is 186 g/mol. The number of piperidine rings is 1. The van der Waals surface area contributed by atoms with Gasteiger partial charge in [-0.3, -0.25) is 9.69 Å². The number of likely N-dealkylation sites (tertiary alicyclic amines) is 1. The van der Waals surface area contributed by atoms with E-state index in [-0.39, 0.29) is 0 Å². The first-order valence-corrected chi connectivity index (χ1v) is 5.97. The highest BCUT2D eigenvalue weighted by atomic mass is 16.1. The minimum atomic E-state index is 0.322. The van der Waals surface area contributed by atoms with Gasteiger partial charge in [0, 0.05) is 19.0 Å². The van der Waals surface area contributed by atoms with Crippen molar-refractivity contribution in [2.45, 2.75) is 52.0 Å². The van der Waals surface area contributed by atoms with E-state index in [1.54, 1.807) is 6.92 Å². The number of hydrogen-bond donors (Lipinski definition) is 0. The standard InChI is InChI=1S/C13H23NO/c1-11(2)7-9-14-8-5-4-6-13(14)10-12(3)15/h13H,1,4-10H2,2-3H3. The maximum atomic E-state index is 11.2. The van der Waals surface area contributed by atoms with Crippen LogP contribution in [0, 0.1) is 0 Å². The van der Waals surface area contributed by atoms with Crippen LogP contribution in [-0.2, 0) is 4.79 Å². The van der Waals surface area contributed by atoms with Crippen LogP contribution in [-0.4, -0.2) is 29.8 Å². The molecule has 0 spiro atoms. The predicted molar refractivity (Wildman–Crippen MR) is 63.9 cm³/mol. The molecule has 0 bridgehead atoms. The van der Waals surface area contributed by atoms with E-state index in [0.717, 1.165) is 25.9 Å². The summed E-state index contributed by atoms with van der Waals surface area (Å²) < 4.78 is 0. The molecular formula is C13H23NO. The molecule has 0 aliphatic carbocycles. The Bertz CT molecular complexity index is 235. The van der Waals surface area contributed by atoms with Crippen molar-refractivity contribution >= 4 is 5.78 Å². The minimum Gasteiger partial charge on any atom is -0.300 e. The molecule has 0 aromatic carbocycles. The number of carbonyl (C=O) groups is 1. The zero-order chi connectivity index (χ0) is 11.3. The van der Waals surface area contributed by atoms with Crippen LogP contribution in [0.3, 0.4) is 0 Å². The Labute approximate surface area is 93.3 Å². The fourth-order valence-electron chi connectivity index (χ4n) is 2.25. The fourth-order valence-corrected chi connectivity index (χ4v) is 2.25. The number of hydrogen-bond acceptors (Lipinski definition) is 2. The Kier molecular flexibility index (Phi) is 5.03. The van der Waals surface area contributed by atoms with Gasteiger partial charge < -0.3 is 0 Å². The maximum Gasteiger partial charge on any atom is 0.131 e. The first kappa shape index (κ1) is 12.4. The van der Waals surface area contributed by atoms with E-state index in [9.17, 15) is 4.79 Å². The molecule has 1 aliphatic rings. The predicted octanol–water partition coefficient (Wildman–Crippen LogP) is 2.79. The van der Waals surface area contributed by atoms with Crippen molar-refractivity contribution in [3.8, 4) is 0 Å². The average molecular weight is 209 g/mol. The van der Waals surface area contributed by atoms with Crippen LogP contribution in [0.15, 0.2) is 12.2 Å². The van der Waals surface area contributed by atoms with Crippen molar-refractivity contribution in [2.24, 2.45) is 0 Å². The summed E-state index contributed by atoms with van der Waals surface area (Å²) in [6.07, 6.45) is 5.55. The Morgan fingerprint density at radius 2 is 2.13 bits per heavy atom. The summed E-state index contributed by atoms with van der Waals surface area (Å²) in [6.45, 7) is 9.94. The molecule has 0 radical (unpaired) electrons. The van der Waals surface area contributed by atoms with Gasteiger partial charge in [0.25, 0.3) is 0 Å². The smallest absolute Gasteiger partial charge is 0.131 e. The third kappa shape index (κ3) is 4.61. The van der Waals surface area contributed by atoms with Gasteiger partial charge in [0.2, 0.25) is 0 Å². The Morgan fingerprint density at radius 3 is 2.73 bits per heavy atom. The molecule has 2 nitrogen and oxygen atoms in total. The molecule has 1 saturated heterocycles. The highest BCUT2D eigenvalue weighted by Gasteiger charge is 2.22. The number of ketones is 1. The number of carbonyl (C=O) groups excluding carboxylic acids is 1. The molecule has 0 N–H and O–H groups in total. The Hall–Kier alpha value is -0.630. The highest BCUT2D eigenvalue weighted by Crippen LogP contribution is 2.20. The summed E-state index contributed by atoms with van der Waals surface area (Å²) in [4.78, 5) is 13.6. The third-order valence-electron chi connectivity index (χ3n) is 3.10. The largest absolute Gasteiger partial charge is 0.300 e. The second kappa shape index (κ2) is 6.06. The van der Waals surface area contributed by atoms with Crippen LogP contribution >= 0.6 is 0 Å². The second-order valence-electron chi connectivity index (χ2n) is 4.80. The zero-order valence-electron chi connectivity index (χ0n) is 10.1. The van der Waals surface area contributed by atoms with E-state index in [1.807, 2.05) is 0 Å². The van der Waals surface area contributed by atoms with Gasteiger partial charge in [-0.2, -0.15) is 0 Å². The lowest BCUT2D eigenvalue weighted by Crippen LogP contribution is -2.41. The van der Waals surface area contributed by atoms with Gasteiger partial charge in [0.05, 0.1) is 0 Å². The lowest BCUT2D eigenvalue weighted by Gasteiger charge is -2.35. The van der Waals surface area contributed by atoms with Crippen LogP contribution in [0.1, 0.15) is 46.0 Å². The van der Waals surface area contributed by atoms with Crippen LogP contribution in [0.4, 0.5) is 0 Å². The number of nitrogens with zero attached hydrogens (tertiary/aromatic N) is 1. The van der Waals surface area contributed by atoms with E-state index < -0.39 is 0 Å². The first-order valence-electron chi connectivity index (χ1n) is 5.97. The lowest BCUT2D eigenvalue weighted by molar-refractivity contribution is -0.118. The van der Waals surface area contributed by atoms with E-state index in [0.29, 0.717) is 11.8 Å². The summed E-state index contributed by atoms with van der Waals surface area (Å²) in [5.41, 5.74) is 1.24. The van der Waals surface area contributed by atoms with Crippen molar-refractivity contribution in [1.29, 1.82) is 0 Å². The van der Waals surface area contributed by atoms with Crippen LogP contribution in [0.25, 0.3) is 0 Å². The van der Waals surface area contributed by atoms with Crippen molar-refractivity contribution in [3.63, 3.8) is 0 Å². The zero-order valence-corrected chi connectivity index (χ0v) is 10.1. The Morgan fingerprint density at radius 1 is 1.40 bits per heavy atom. The van der Waals surface area contributed by atoms with Gasteiger partial charge in [-0.15, -0.1) is 6.58 Å². The summed E-state index contributed by atoms with van der Waals surface area (Å²) in [5.74, 6) is 0.322. The minimum absolute atomic E-state index is 0.322. The van der Waals surface area contributed by atoms with Gasteiger partial charge in [-0.05, 0) is 39.7 Å². The molecule has 15 heavy (non-hydrogen) atoms. The van der Waals surface area contributed by atoms with Crippen molar-refractivity contribution < 1.29 is 4.79 Å².